The Morgan fingerprint density at radius 3 is 2.67 bits per heavy atom. The number of alkyl halides is 2. The zero-order valence-corrected chi connectivity index (χ0v) is 20.3. The molecule has 2 aliphatic rings. The highest BCUT2D eigenvalue weighted by atomic mass is 19.3. The number of hydrogen-bond donors (Lipinski definition) is 1. The first-order chi connectivity index (χ1) is 17.4. The molecule has 1 N–H and O–H groups in total. The molecule has 0 radical (unpaired) electrons. The Hall–Kier alpha value is -3.60. The molecule has 9 nitrogen and oxygen atoms in total. The highest BCUT2D eigenvalue weighted by molar-refractivity contribution is 5.57. The van der Waals surface area contributed by atoms with Gasteiger partial charge in [-0.05, 0) is 23.6 Å². The molecule has 0 amide bonds. The maximum absolute atomic E-state index is 13.7. The number of nitrogens with zero attached hydrogens (tertiary/aromatic N) is 8. The van der Waals surface area contributed by atoms with Crippen molar-refractivity contribution in [2.24, 2.45) is 0 Å². The van der Waals surface area contributed by atoms with Crippen LogP contribution >= 0.6 is 0 Å². The van der Waals surface area contributed by atoms with Gasteiger partial charge in [-0.2, -0.15) is 24.7 Å². The zero-order valence-electron chi connectivity index (χ0n) is 20.3. The summed E-state index contributed by atoms with van der Waals surface area (Å²) in [6, 6.07) is 10.1. The topological polar surface area (TPSA) is 79.4 Å². The molecular weight excluding hydrogens is 464 g/mol. The number of anilines is 2. The number of fused-ring (bicyclic) bond motifs is 1. The Morgan fingerprint density at radius 1 is 1.11 bits per heavy atom. The molecule has 0 saturated carbocycles. The minimum Gasteiger partial charge on any atom is -0.350 e. The predicted molar refractivity (Wildman–Crippen MR) is 133 cm³/mol. The van der Waals surface area contributed by atoms with Crippen molar-refractivity contribution >= 4 is 17.5 Å². The molecule has 188 valence electrons. The van der Waals surface area contributed by atoms with Gasteiger partial charge in [0.2, 0.25) is 11.9 Å². The van der Waals surface area contributed by atoms with E-state index in [1.165, 1.54) is 0 Å². The Balaban J connectivity index is 1.27. The lowest BCUT2D eigenvalue weighted by molar-refractivity contribution is 0.00598. The van der Waals surface area contributed by atoms with Crippen LogP contribution in [0.3, 0.4) is 0 Å². The minimum absolute atomic E-state index is 0.0619. The number of para-hydroxylation sites is 1. The average Bonchev–Trinajstić information content (AvgIpc) is 3.57. The highest BCUT2D eigenvalue weighted by Gasteiger charge is 2.44. The van der Waals surface area contributed by atoms with E-state index in [4.69, 9.17) is 9.97 Å². The average molecular weight is 494 g/mol. The summed E-state index contributed by atoms with van der Waals surface area (Å²) in [7, 11) is 0. The SMILES string of the molecule is CC(C)c1cnn2c(NCc3ccccc3-n3cccn3)nc(N3CC(N4CCC(F)(F)C4)C3)nc12. The maximum Gasteiger partial charge on any atom is 0.261 e. The lowest BCUT2D eigenvalue weighted by Crippen LogP contribution is -2.59. The van der Waals surface area contributed by atoms with Gasteiger partial charge in [0.25, 0.3) is 5.92 Å². The fourth-order valence-corrected chi connectivity index (χ4v) is 4.94. The summed E-state index contributed by atoms with van der Waals surface area (Å²) in [4.78, 5) is 13.6. The number of likely N-dealkylation sites (tertiary alicyclic amines) is 1. The Labute approximate surface area is 207 Å². The van der Waals surface area contributed by atoms with Crippen LogP contribution in [-0.2, 0) is 6.54 Å². The van der Waals surface area contributed by atoms with Crippen LogP contribution in [0, 0.1) is 0 Å². The van der Waals surface area contributed by atoms with Crippen LogP contribution in [-0.4, -0.2) is 72.4 Å². The van der Waals surface area contributed by atoms with E-state index in [9.17, 15) is 8.78 Å². The summed E-state index contributed by atoms with van der Waals surface area (Å²) in [6.45, 7) is 6.29. The second kappa shape index (κ2) is 8.81. The smallest absolute Gasteiger partial charge is 0.261 e. The lowest BCUT2D eigenvalue weighted by Gasteiger charge is -2.44. The van der Waals surface area contributed by atoms with Gasteiger partial charge in [0, 0.05) is 56.6 Å². The Kier molecular flexibility index (Phi) is 5.59. The molecule has 2 aliphatic heterocycles. The van der Waals surface area contributed by atoms with Crippen LogP contribution in [0.15, 0.2) is 48.9 Å². The summed E-state index contributed by atoms with van der Waals surface area (Å²) in [5.74, 6) is -1.15. The van der Waals surface area contributed by atoms with Crippen LogP contribution < -0.4 is 10.2 Å². The number of nitrogens with one attached hydrogen (secondary N) is 1. The molecule has 0 atom stereocenters. The molecule has 1 aromatic carbocycles. The van der Waals surface area contributed by atoms with E-state index >= 15 is 0 Å². The molecule has 6 rings (SSSR count). The maximum atomic E-state index is 13.7. The monoisotopic (exact) mass is 493 g/mol. The van der Waals surface area contributed by atoms with Crippen LogP contribution in [0.25, 0.3) is 11.3 Å². The summed E-state index contributed by atoms with van der Waals surface area (Å²) in [5.41, 5.74) is 3.84. The van der Waals surface area contributed by atoms with Crippen LogP contribution in [0.2, 0.25) is 0 Å². The summed E-state index contributed by atoms with van der Waals surface area (Å²) in [5, 5.41) is 12.4. The van der Waals surface area contributed by atoms with Gasteiger partial charge in [-0.25, -0.2) is 13.5 Å². The minimum atomic E-state index is -2.58. The van der Waals surface area contributed by atoms with Crippen LogP contribution in [0.4, 0.5) is 20.7 Å². The van der Waals surface area contributed by atoms with Crippen molar-refractivity contribution in [1.29, 1.82) is 0 Å². The van der Waals surface area contributed by atoms with E-state index in [1.54, 1.807) is 10.7 Å². The number of benzene rings is 1. The van der Waals surface area contributed by atoms with Crippen LogP contribution in [0.1, 0.15) is 37.3 Å². The van der Waals surface area contributed by atoms with Crippen molar-refractivity contribution in [3.63, 3.8) is 0 Å². The second-order valence-corrected chi connectivity index (χ2v) is 9.91. The third kappa shape index (κ3) is 4.17. The molecule has 36 heavy (non-hydrogen) atoms. The second-order valence-electron chi connectivity index (χ2n) is 9.91. The van der Waals surface area contributed by atoms with E-state index in [1.807, 2.05) is 46.2 Å². The third-order valence-corrected chi connectivity index (χ3v) is 7.05. The first-order valence-electron chi connectivity index (χ1n) is 12.3. The molecule has 11 heteroatoms. The standard InChI is InChI=1S/C25H29F2N9/c1-17(2)20-13-30-36-22(20)31-24(34-14-19(15-34)33-11-8-25(26,27)16-33)32-23(36)28-12-18-6-3-4-7-21(18)35-10-5-9-29-35/h3-7,9-10,13,17,19H,8,11-12,14-16H2,1-2H3,(H,28,31,32). The van der Waals surface area contributed by atoms with E-state index in [0.29, 0.717) is 38.1 Å². The number of aromatic nitrogens is 6. The van der Waals surface area contributed by atoms with E-state index < -0.39 is 5.92 Å². The Bertz CT molecular complexity index is 1360. The molecular formula is C25H29F2N9. The fourth-order valence-electron chi connectivity index (χ4n) is 4.94. The summed E-state index contributed by atoms with van der Waals surface area (Å²) in [6.07, 6.45) is 5.45. The molecule has 2 fully saturated rings. The molecule has 3 aromatic heterocycles. The van der Waals surface area contributed by atoms with Crippen molar-refractivity contribution in [3.05, 3.63) is 60.0 Å². The summed E-state index contributed by atoms with van der Waals surface area (Å²) >= 11 is 0. The molecule has 0 bridgehead atoms. The summed E-state index contributed by atoms with van der Waals surface area (Å²) < 4.78 is 31.0. The molecule has 0 aliphatic carbocycles. The molecule has 5 heterocycles. The quantitative estimate of drug-likeness (QED) is 0.422. The van der Waals surface area contributed by atoms with Gasteiger partial charge in [-0.1, -0.05) is 32.0 Å². The fraction of sp³-hybridized carbons (Fsp3) is 0.440. The normalized spacial score (nSPS) is 18.3. The van der Waals surface area contributed by atoms with Crippen molar-refractivity contribution in [2.45, 2.75) is 44.7 Å². The zero-order chi connectivity index (χ0) is 24.9. The lowest BCUT2D eigenvalue weighted by atomic mass is 10.1. The van der Waals surface area contributed by atoms with Gasteiger partial charge in [-0.3, -0.25) is 4.90 Å². The van der Waals surface area contributed by atoms with Gasteiger partial charge < -0.3 is 10.2 Å². The van der Waals surface area contributed by atoms with E-state index in [-0.39, 0.29) is 24.9 Å². The van der Waals surface area contributed by atoms with Crippen molar-refractivity contribution in [1.82, 2.24) is 34.3 Å². The van der Waals surface area contributed by atoms with Crippen molar-refractivity contribution in [2.75, 3.05) is 36.4 Å². The third-order valence-electron chi connectivity index (χ3n) is 7.05. The van der Waals surface area contributed by atoms with Gasteiger partial charge in [0.15, 0.2) is 5.65 Å². The highest BCUT2D eigenvalue weighted by Crippen LogP contribution is 2.32. The van der Waals surface area contributed by atoms with Crippen LogP contribution in [0.5, 0.6) is 0 Å². The number of rotatable bonds is 7. The predicted octanol–water partition coefficient (Wildman–Crippen LogP) is 3.58. The molecule has 0 spiro atoms. The van der Waals surface area contributed by atoms with Gasteiger partial charge in [0.1, 0.15) is 0 Å². The largest absolute Gasteiger partial charge is 0.350 e. The molecule has 0 unspecified atom stereocenters. The van der Waals surface area contributed by atoms with Crippen molar-refractivity contribution < 1.29 is 8.78 Å². The molecule has 4 aromatic rings. The Morgan fingerprint density at radius 2 is 1.94 bits per heavy atom. The number of halogens is 2. The molecule has 2 saturated heterocycles. The first-order valence-corrected chi connectivity index (χ1v) is 12.3. The van der Waals surface area contributed by atoms with E-state index in [0.717, 1.165) is 22.5 Å². The number of hydrogen-bond acceptors (Lipinski definition) is 7. The first kappa shape index (κ1) is 22.8. The van der Waals surface area contributed by atoms with Gasteiger partial charge >= 0.3 is 0 Å². The van der Waals surface area contributed by atoms with E-state index in [2.05, 4.69) is 40.3 Å². The van der Waals surface area contributed by atoms with Gasteiger partial charge in [0.05, 0.1) is 18.4 Å². The van der Waals surface area contributed by atoms with Gasteiger partial charge in [-0.15, -0.1) is 0 Å². The van der Waals surface area contributed by atoms with Crippen molar-refractivity contribution in [3.8, 4) is 5.69 Å².